The smallest absolute Gasteiger partial charge is 0.247 e. The molecule has 3 heteroatoms. The summed E-state index contributed by atoms with van der Waals surface area (Å²) in [5.41, 5.74) is 4.08. The monoisotopic (exact) mass is 459 g/mol. The minimum atomic E-state index is -0.229. The van der Waals surface area contributed by atoms with Crippen molar-refractivity contribution in [1.29, 1.82) is 0 Å². The summed E-state index contributed by atoms with van der Waals surface area (Å²) < 4.78 is 5.48. The maximum Gasteiger partial charge on any atom is 0.247 e. The average molecular weight is 460 g/mol. The fourth-order valence-electron chi connectivity index (χ4n) is 4.07. The Balaban J connectivity index is 1.70. The molecule has 0 N–H and O–H groups in total. The number of ether oxygens (including phenoxy) is 1. The molecule has 0 fully saturated rings. The molecule has 4 aromatic carbocycles. The van der Waals surface area contributed by atoms with E-state index in [1.165, 1.54) is 0 Å². The molecule has 4 rings (SSSR count). The maximum absolute atomic E-state index is 13.7. The van der Waals surface area contributed by atoms with Crippen LogP contribution in [0.15, 0.2) is 127 Å². The number of amides is 1. The van der Waals surface area contributed by atoms with Crippen molar-refractivity contribution in [2.45, 2.75) is 6.04 Å². The Kier molecular flexibility index (Phi) is 8.28. The van der Waals surface area contributed by atoms with Gasteiger partial charge in [-0.25, -0.2) is 0 Å². The molecular weight excluding hydrogens is 430 g/mol. The predicted molar refractivity (Wildman–Crippen MR) is 144 cm³/mol. The van der Waals surface area contributed by atoms with Gasteiger partial charge in [0, 0.05) is 18.2 Å². The molecule has 0 unspecified atom stereocenters. The Bertz CT molecular complexity index is 1230. The summed E-state index contributed by atoms with van der Waals surface area (Å²) in [7, 11) is 1.66. The predicted octanol–water partition coefficient (Wildman–Crippen LogP) is 7.04. The molecule has 0 atom stereocenters. The van der Waals surface area contributed by atoms with Crippen LogP contribution in [0.25, 0.3) is 12.2 Å². The Morgan fingerprint density at radius 2 is 1.29 bits per heavy atom. The van der Waals surface area contributed by atoms with Gasteiger partial charge in [-0.1, -0.05) is 121 Å². The van der Waals surface area contributed by atoms with Crippen LogP contribution in [-0.4, -0.2) is 24.5 Å². The fourth-order valence-corrected chi connectivity index (χ4v) is 4.07. The summed E-state index contributed by atoms with van der Waals surface area (Å²) in [5.74, 6) is 0.740. The molecule has 0 aliphatic carbocycles. The molecule has 174 valence electrons. The maximum atomic E-state index is 13.7. The number of rotatable bonds is 9. The quantitative estimate of drug-likeness (QED) is 0.251. The first-order valence-electron chi connectivity index (χ1n) is 11.7. The van der Waals surface area contributed by atoms with Gasteiger partial charge in [-0.2, -0.15) is 0 Å². The lowest BCUT2D eigenvalue weighted by Gasteiger charge is -2.31. The van der Waals surface area contributed by atoms with Gasteiger partial charge in [0.25, 0.3) is 0 Å². The zero-order valence-electron chi connectivity index (χ0n) is 19.8. The molecule has 3 nitrogen and oxygen atoms in total. The van der Waals surface area contributed by atoms with E-state index in [0.29, 0.717) is 6.54 Å². The van der Waals surface area contributed by atoms with E-state index in [1.807, 2.05) is 114 Å². The van der Waals surface area contributed by atoms with Crippen molar-refractivity contribution in [3.63, 3.8) is 0 Å². The molecule has 0 bridgehead atoms. The number of para-hydroxylation sites is 1. The molecule has 0 aromatic heterocycles. The highest BCUT2D eigenvalue weighted by Gasteiger charge is 2.24. The molecule has 1 amide bonds. The van der Waals surface area contributed by atoms with Crippen LogP contribution < -0.4 is 4.74 Å². The zero-order valence-corrected chi connectivity index (χ0v) is 19.8. The van der Waals surface area contributed by atoms with Gasteiger partial charge in [0.15, 0.2) is 0 Å². The van der Waals surface area contributed by atoms with E-state index >= 15 is 0 Å². The second-order valence-electron chi connectivity index (χ2n) is 8.10. The van der Waals surface area contributed by atoms with E-state index < -0.39 is 0 Å². The lowest BCUT2D eigenvalue weighted by molar-refractivity contribution is -0.127. The van der Waals surface area contributed by atoms with Crippen molar-refractivity contribution >= 4 is 18.1 Å². The van der Waals surface area contributed by atoms with Crippen LogP contribution in [-0.2, 0) is 4.79 Å². The van der Waals surface area contributed by atoms with Gasteiger partial charge in [-0.05, 0) is 28.8 Å². The largest absolute Gasteiger partial charge is 0.496 e. The first kappa shape index (κ1) is 23.8. The van der Waals surface area contributed by atoms with Crippen LogP contribution in [0.3, 0.4) is 0 Å². The number of benzene rings is 4. The van der Waals surface area contributed by atoms with Gasteiger partial charge < -0.3 is 9.64 Å². The van der Waals surface area contributed by atoms with Crippen LogP contribution in [0.1, 0.15) is 28.3 Å². The molecule has 0 spiro atoms. The minimum Gasteiger partial charge on any atom is -0.496 e. The van der Waals surface area contributed by atoms with Crippen LogP contribution in [0, 0.1) is 0 Å². The number of hydrogen-bond acceptors (Lipinski definition) is 2. The summed E-state index contributed by atoms with van der Waals surface area (Å²) in [6.07, 6.45) is 7.55. The van der Waals surface area contributed by atoms with E-state index in [0.717, 1.165) is 28.0 Å². The third-order valence-electron chi connectivity index (χ3n) is 5.78. The molecule has 35 heavy (non-hydrogen) atoms. The van der Waals surface area contributed by atoms with Crippen LogP contribution in [0.4, 0.5) is 0 Å². The van der Waals surface area contributed by atoms with E-state index in [-0.39, 0.29) is 11.9 Å². The zero-order chi connectivity index (χ0) is 24.3. The topological polar surface area (TPSA) is 29.5 Å². The normalized spacial score (nSPS) is 11.3. The first-order valence-corrected chi connectivity index (χ1v) is 11.7. The van der Waals surface area contributed by atoms with Crippen LogP contribution in [0.2, 0.25) is 0 Å². The van der Waals surface area contributed by atoms with E-state index in [9.17, 15) is 4.79 Å². The van der Waals surface area contributed by atoms with Gasteiger partial charge in [-0.15, -0.1) is 0 Å². The standard InChI is InChI=1S/C32H29NO2/c1-35-30-22-12-11-16-27(30)21-13-25-33(31(34)24-23-26-14-5-2-6-15-26)32(28-17-7-3-8-18-28)29-19-9-4-10-20-29/h2-24,32H,25H2,1H3/b21-13+,24-23+. The van der Waals surface area contributed by atoms with Crippen molar-refractivity contribution in [3.8, 4) is 5.75 Å². The van der Waals surface area contributed by atoms with Gasteiger partial charge in [0.1, 0.15) is 5.75 Å². The molecule has 4 aromatic rings. The van der Waals surface area contributed by atoms with Gasteiger partial charge in [0.2, 0.25) is 5.91 Å². The fraction of sp³-hybridized carbons (Fsp3) is 0.0938. The summed E-state index contributed by atoms with van der Waals surface area (Å²) >= 11 is 0. The van der Waals surface area contributed by atoms with E-state index in [2.05, 4.69) is 24.3 Å². The van der Waals surface area contributed by atoms with Gasteiger partial charge in [-0.3, -0.25) is 4.79 Å². The second kappa shape index (κ2) is 12.2. The molecule has 0 radical (unpaired) electrons. The third-order valence-corrected chi connectivity index (χ3v) is 5.78. The summed E-state index contributed by atoms with van der Waals surface area (Å²) in [4.78, 5) is 15.5. The van der Waals surface area contributed by atoms with Gasteiger partial charge in [0.05, 0.1) is 13.2 Å². The van der Waals surface area contributed by atoms with Crippen molar-refractivity contribution in [3.05, 3.63) is 150 Å². The van der Waals surface area contributed by atoms with Crippen molar-refractivity contribution < 1.29 is 9.53 Å². The van der Waals surface area contributed by atoms with Crippen LogP contribution in [0.5, 0.6) is 5.75 Å². The number of carbonyl (C=O) groups is 1. The lowest BCUT2D eigenvalue weighted by atomic mass is 9.96. The van der Waals surface area contributed by atoms with Gasteiger partial charge >= 0.3 is 0 Å². The number of carbonyl (C=O) groups excluding carboxylic acids is 1. The number of nitrogens with zero attached hydrogens (tertiary/aromatic N) is 1. The minimum absolute atomic E-state index is 0.0590. The first-order chi connectivity index (χ1) is 17.3. The molecule has 0 aliphatic heterocycles. The highest BCUT2D eigenvalue weighted by Crippen LogP contribution is 2.29. The number of methoxy groups -OCH3 is 1. The average Bonchev–Trinajstić information content (AvgIpc) is 2.93. The Hall–Kier alpha value is -4.37. The SMILES string of the molecule is COc1ccccc1/C=C/CN(C(=O)/C=C/c1ccccc1)C(c1ccccc1)c1ccccc1. The van der Waals surface area contributed by atoms with Crippen molar-refractivity contribution in [1.82, 2.24) is 4.90 Å². The van der Waals surface area contributed by atoms with E-state index in [1.54, 1.807) is 13.2 Å². The second-order valence-corrected chi connectivity index (χ2v) is 8.10. The summed E-state index contributed by atoms with van der Waals surface area (Å²) in [6.45, 7) is 0.435. The molecule has 0 saturated heterocycles. The Morgan fingerprint density at radius 1 is 0.743 bits per heavy atom. The third kappa shape index (κ3) is 6.36. The summed E-state index contributed by atoms with van der Waals surface area (Å²) in [5, 5.41) is 0. The van der Waals surface area contributed by atoms with E-state index in [4.69, 9.17) is 4.74 Å². The highest BCUT2D eigenvalue weighted by atomic mass is 16.5. The van der Waals surface area contributed by atoms with Crippen molar-refractivity contribution in [2.24, 2.45) is 0 Å². The molecule has 0 aliphatic rings. The summed E-state index contributed by atoms with van der Waals surface area (Å²) in [6, 6.07) is 37.8. The Morgan fingerprint density at radius 3 is 1.89 bits per heavy atom. The number of hydrogen-bond donors (Lipinski definition) is 0. The lowest BCUT2D eigenvalue weighted by Crippen LogP contribution is -2.34. The highest BCUT2D eigenvalue weighted by molar-refractivity contribution is 5.92. The molecule has 0 heterocycles. The molecule has 0 saturated carbocycles. The Labute approximate surface area is 207 Å². The molecular formula is C32H29NO2. The van der Waals surface area contributed by atoms with Crippen molar-refractivity contribution in [2.75, 3.05) is 13.7 Å². The van der Waals surface area contributed by atoms with Crippen LogP contribution >= 0.6 is 0 Å².